The summed E-state index contributed by atoms with van der Waals surface area (Å²) in [6, 6.07) is 3.54. The van der Waals surface area contributed by atoms with Gasteiger partial charge in [0.05, 0.1) is 10.9 Å². The third-order valence-electron chi connectivity index (χ3n) is 5.42. The van der Waals surface area contributed by atoms with Crippen molar-refractivity contribution in [2.75, 3.05) is 13.2 Å². The maximum absolute atomic E-state index is 12.5. The molecule has 2 bridgehead atoms. The van der Waals surface area contributed by atoms with Gasteiger partial charge in [0.2, 0.25) is 0 Å². The van der Waals surface area contributed by atoms with E-state index in [0.717, 1.165) is 24.8 Å². The Morgan fingerprint density at radius 1 is 1.16 bits per heavy atom. The van der Waals surface area contributed by atoms with Gasteiger partial charge in [-0.2, -0.15) is 0 Å². The highest BCUT2D eigenvalue weighted by molar-refractivity contribution is 6.32. The monoisotopic (exact) mass is 364 g/mol. The summed E-state index contributed by atoms with van der Waals surface area (Å²) in [6.07, 6.45) is 4.19. The topological polar surface area (TPSA) is 61.8 Å². The highest BCUT2D eigenvalue weighted by Crippen LogP contribution is 2.41. The summed E-state index contributed by atoms with van der Waals surface area (Å²) in [4.78, 5) is 24.6. The highest BCUT2D eigenvalue weighted by Gasteiger charge is 2.41. The molecular weight excluding hydrogens is 344 g/mol. The Morgan fingerprint density at radius 3 is 2.64 bits per heavy atom. The van der Waals surface area contributed by atoms with E-state index < -0.39 is 0 Å². The van der Waals surface area contributed by atoms with Gasteiger partial charge in [-0.3, -0.25) is 9.59 Å². The minimum Gasteiger partial charge on any atom is -0.486 e. The van der Waals surface area contributed by atoms with Gasteiger partial charge in [0.1, 0.15) is 25.6 Å². The molecule has 2 aliphatic carbocycles. The maximum Gasteiger partial charge on any atom is 0.309 e. The van der Waals surface area contributed by atoms with E-state index in [2.05, 4.69) is 0 Å². The van der Waals surface area contributed by atoms with E-state index in [1.165, 1.54) is 0 Å². The van der Waals surface area contributed by atoms with Crippen LogP contribution in [0.15, 0.2) is 12.1 Å². The van der Waals surface area contributed by atoms with Gasteiger partial charge in [-0.25, -0.2) is 0 Å². The first-order valence-electron chi connectivity index (χ1n) is 8.90. The molecule has 5 nitrogen and oxygen atoms in total. The Morgan fingerprint density at radius 2 is 1.88 bits per heavy atom. The van der Waals surface area contributed by atoms with E-state index in [1.54, 1.807) is 12.1 Å². The molecule has 1 aromatic carbocycles. The van der Waals surface area contributed by atoms with Crippen LogP contribution in [0.25, 0.3) is 0 Å². The molecule has 3 aliphatic rings. The summed E-state index contributed by atoms with van der Waals surface area (Å²) < 4.78 is 16.5. The second-order valence-corrected chi connectivity index (χ2v) is 7.51. The van der Waals surface area contributed by atoms with Gasteiger partial charge >= 0.3 is 5.97 Å². The molecule has 0 radical (unpaired) electrons. The molecule has 0 amide bonds. The van der Waals surface area contributed by atoms with Gasteiger partial charge in [0.15, 0.2) is 11.5 Å². The number of Topliss-reactive ketones (excluding diaryl/α,β-unsaturated/α-hetero) is 1. The van der Waals surface area contributed by atoms with E-state index >= 15 is 0 Å². The molecule has 1 heterocycles. The predicted octanol–water partition coefficient (Wildman–Crippen LogP) is 3.55. The van der Waals surface area contributed by atoms with Crippen molar-refractivity contribution in [1.82, 2.24) is 0 Å². The number of ketones is 1. The average molecular weight is 365 g/mol. The Bertz CT molecular complexity index is 685. The summed E-state index contributed by atoms with van der Waals surface area (Å²) in [5.41, 5.74) is 0.773. The van der Waals surface area contributed by atoms with Gasteiger partial charge < -0.3 is 14.2 Å². The molecule has 2 unspecified atom stereocenters. The number of ether oxygens (including phenoxy) is 3. The van der Waals surface area contributed by atoms with Crippen LogP contribution in [0.2, 0.25) is 5.02 Å². The molecule has 0 saturated heterocycles. The third kappa shape index (κ3) is 3.34. The second kappa shape index (κ2) is 6.87. The smallest absolute Gasteiger partial charge is 0.309 e. The number of carbonyl (C=O) groups excluding carboxylic acids is 2. The molecule has 134 valence electrons. The molecule has 1 aliphatic heterocycles. The van der Waals surface area contributed by atoms with Crippen LogP contribution in [-0.2, 0) is 20.9 Å². The summed E-state index contributed by atoms with van der Waals surface area (Å²) in [5, 5.41) is 0.459. The SMILES string of the molecule is O=C(OCc1cc(Cl)c2c(c1)OCCO2)C1CC2CCCC(C1)C2=O. The fourth-order valence-corrected chi connectivity index (χ4v) is 4.48. The highest BCUT2D eigenvalue weighted by atomic mass is 35.5. The molecule has 2 atom stereocenters. The minimum absolute atomic E-state index is 0.0498. The number of hydrogen-bond acceptors (Lipinski definition) is 5. The number of rotatable bonds is 3. The van der Waals surface area contributed by atoms with Gasteiger partial charge in [0, 0.05) is 11.8 Å². The molecule has 0 N–H and O–H groups in total. The van der Waals surface area contributed by atoms with Crippen LogP contribution in [0.3, 0.4) is 0 Å². The molecule has 25 heavy (non-hydrogen) atoms. The molecule has 4 rings (SSSR count). The number of carbonyl (C=O) groups is 2. The zero-order valence-electron chi connectivity index (χ0n) is 14.0. The third-order valence-corrected chi connectivity index (χ3v) is 5.70. The predicted molar refractivity (Wildman–Crippen MR) is 90.8 cm³/mol. The van der Waals surface area contributed by atoms with E-state index in [-0.39, 0.29) is 30.3 Å². The number of esters is 1. The summed E-state index contributed by atoms with van der Waals surface area (Å²) >= 11 is 6.21. The minimum atomic E-state index is -0.213. The molecular formula is C19H21ClO5. The first kappa shape index (κ1) is 16.7. The van der Waals surface area contributed by atoms with Gasteiger partial charge in [-0.15, -0.1) is 0 Å². The van der Waals surface area contributed by atoms with E-state index in [0.29, 0.717) is 48.4 Å². The van der Waals surface area contributed by atoms with E-state index in [9.17, 15) is 9.59 Å². The van der Waals surface area contributed by atoms with Crippen molar-refractivity contribution in [3.05, 3.63) is 22.7 Å². The van der Waals surface area contributed by atoms with E-state index in [1.807, 2.05) is 0 Å². The molecule has 0 spiro atoms. The van der Waals surface area contributed by atoms with Crippen LogP contribution < -0.4 is 9.47 Å². The fourth-order valence-electron chi connectivity index (χ4n) is 4.19. The van der Waals surface area contributed by atoms with Crippen LogP contribution >= 0.6 is 11.6 Å². The Labute approximate surface area is 151 Å². The molecule has 1 aromatic rings. The van der Waals surface area contributed by atoms with Gasteiger partial charge in [0.25, 0.3) is 0 Å². The number of fused-ring (bicyclic) bond motifs is 3. The van der Waals surface area contributed by atoms with Gasteiger partial charge in [-0.1, -0.05) is 18.0 Å². The van der Waals surface area contributed by atoms with Gasteiger partial charge in [-0.05, 0) is 43.4 Å². The molecule has 2 fully saturated rings. The largest absolute Gasteiger partial charge is 0.486 e. The normalized spacial score (nSPS) is 27.7. The Hall–Kier alpha value is -1.75. The van der Waals surface area contributed by atoms with Crippen LogP contribution in [0.5, 0.6) is 11.5 Å². The van der Waals surface area contributed by atoms with Crippen LogP contribution in [-0.4, -0.2) is 25.0 Å². The molecule has 6 heteroatoms. The van der Waals surface area contributed by atoms with Crippen molar-refractivity contribution in [2.24, 2.45) is 17.8 Å². The number of hydrogen-bond donors (Lipinski definition) is 0. The van der Waals surface area contributed by atoms with Crippen LogP contribution in [0.4, 0.5) is 0 Å². The second-order valence-electron chi connectivity index (χ2n) is 7.10. The first-order chi connectivity index (χ1) is 12.1. The zero-order valence-corrected chi connectivity index (χ0v) is 14.7. The van der Waals surface area contributed by atoms with Crippen molar-refractivity contribution in [3.8, 4) is 11.5 Å². The van der Waals surface area contributed by atoms with Crippen LogP contribution in [0, 0.1) is 17.8 Å². The molecule has 2 saturated carbocycles. The Kier molecular flexibility index (Phi) is 4.59. The summed E-state index contributed by atoms with van der Waals surface area (Å²) in [5.74, 6) is 1.21. The standard InChI is InChI=1S/C19H21ClO5/c20-15-6-11(7-16-18(15)24-5-4-23-16)10-25-19(22)14-8-12-2-1-3-13(9-14)17(12)21/h6-7,12-14H,1-5,8-10H2. The maximum atomic E-state index is 12.5. The number of halogens is 1. The Balaban J connectivity index is 1.39. The lowest BCUT2D eigenvalue weighted by molar-refractivity contribution is -0.154. The lowest BCUT2D eigenvalue weighted by atomic mass is 9.67. The van der Waals surface area contributed by atoms with Crippen molar-refractivity contribution in [3.63, 3.8) is 0 Å². The zero-order chi connectivity index (χ0) is 17.4. The van der Waals surface area contributed by atoms with Crippen molar-refractivity contribution in [2.45, 2.75) is 38.7 Å². The first-order valence-corrected chi connectivity index (χ1v) is 9.28. The van der Waals surface area contributed by atoms with Crippen molar-refractivity contribution >= 4 is 23.4 Å². The summed E-state index contributed by atoms with van der Waals surface area (Å²) in [7, 11) is 0. The number of benzene rings is 1. The van der Waals surface area contributed by atoms with E-state index in [4.69, 9.17) is 25.8 Å². The average Bonchev–Trinajstić information content (AvgIpc) is 2.59. The lowest BCUT2D eigenvalue weighted by Gasteiger charge is -2.36. The fraction of sp³-hybridized carbons (Fsp3) is 0.579. The van der Waals surface area contributed by atoms with Crippen LogP contribution in [0.1, 0.15) is 37.7 Å². The molecule has 0 aromatic heterocycles. The lowest BCUT2D eigenvalue weighted by Crippen LogP contribution is -2.39. The van der Waals surface area contributed by atoms with Crippen molar-refractivity contribution < 1.29 is 23.8 Å². The van der Waals surface area contributed by atoms with Crippen molar-refractivity contribution in [1.29, 1.82) is 0 Å². The summed E-state index contributed by atoms with van der Waals surface area (Å²) in [6.45, 7) is 1.10. The quantitative estimate of drug-likeness (QED) is 0.767.